The van der Waals surface area contributed by atoms with Crippen molar-refractivity contribution in [2.45, 2.75) is 84.9 Å². The van der Waals surface area contributed by atoms with E-state index >= 15 is 0 Å². The molecule has 15 heteroatoms. The lowest BCUT2D eigenvalue weighted by Gasteiger charge is -2.38. The molecule has 2 aromatic rings. The zero-order valence-electron chi connectivity index (χ0n) is 21.4. The second-order valence-electron chi connectivity index (χ2n) is 9.55. The molecule has 0 aliphatic carbocycles. The number of hydrogen-bond donors (Lipinski definition) is 0. The third kappa shape index (κ3) is 6.36. The molecule has 0 atom stereocenters. The average molecular weight is 645 g/mol. The van der Waals surface area contributed by atoms with Gasteiger partial charge in [-0.2, -0.15) is 47.9 Å². The highest BCUT2D eigenvalue weighted by molar-refractivity contribution is 8.33. The monoisotopic (exact) mass is 644 g/mol. The molecule has 3 rings (SSSR count). The summed E-state index contributed by atoms with van der Waals surface area (Å²) in [7, 11) is -10.2. The third-order valence-electron chi connectivity index (χ3n) is 6.58. The van der Waals surface area contributed by atoms with Crippen LogP contribution in [0.25, 0.3) is 10.8 Å². The Morgan fingerprint density at radius 2 is 1.38 bits per heavy atom. The van der Waals surface area contributed by atoms with Gasteiger partial charge in [0.2, 0.25) is 0 Å². The van der Waals surface area contributed by atoms with Gasteiger partial charge in [-0.25, -0.2) is 3.63 Å². The fourth-order valence-corrected chi connectivity index (χ4v) is 10.9. The minimum atomic E-state index is -7.34. The zero-order valence-corrected chi connectivity index (χ0v) is 23.8. The first-order valence-electron chi connectivity index (χ1n) is 12.5. The standard InChI is InChI=1S/C25H29F9O3S3/c1-2-3-4-5-6-13-38-20-11-9-19-17-21(12-10-18(19)16-20)39(14-7-8-15-39)37-40(35,36)25(33,34)23(28,29)22(26,27)24(30,31)32/h9-12,16-17H,2-8,13-15H2,1H3. The van der Waals surface area contributed by atoms with Crippen molar-refractivity contribution in [3.05, 3.63) is 36.4 Å². The van der Waals surface area contributed by atoms with Gasteiger partial charge in [-0.15, -0.1) is 11.8 Å². The maximum Gasteiger partial charge on any atom is 0.460 e. The van der Waals surface area contributed by atoms with Gasteiger partial charge in [-0.3, -0.25) is 0 Å². The Bertz CT molecular complexity index is 1280. The van der Waals surface area contributed by atoms with E-state index < -0.39 is 43.7 Å². The lowest BCUT2D eigenvalue weighted by molar-refractivity contribution is -0.382. The van der Waals surface area contributed by atoms with E-state index in [1.54, 1.807) is 23.9 Å². The molecule has 1 fully saturated rings. The highest BCUT2D eigenvalue weighted by atomic mass is 32.3. The molecule has 1 aliphatic heterocycles. The maximum atomic E-state index is 14.4. The van der Waals surface area contributed by atoms with E-state index in [1.807, 2.05) is 12.1 Å². The topological polar surface area (TPSA) is 43.4 Å². The molecule has 0 saturated carbocycles. The number of alkyl halides is 9. The highest BCUT2D eigenvalue weighted by Gasteiger charge is 2.86. The number of thioether (sulfide) groups is 1. The van der Waals surface area contributed by atoms with E-state index in [4.69, 9.17) is 0 Å². The van der Waals surface area contributed by atoms with E-state index in [9.17, 15) is 47.9 Å². The third-order valence-corrected chi connectivity index (χ3v) is 13.3. The van der Waals surface area contributed by atoms with E-state index in [2.05, 4.69) is 10.6 Å². The number of hydrogen-bond acceptors (Lipinski definition) is 4. The molecule has 0 spiro atoms. The van der Waals surface area contributed by atoms with Crippen LogP contribution in [0.2, 0.25) is 0 Å². The van der Waals surface area contributed by atoms with Gasteiger partial charge in [0.1, 0.15) is 0 Å². The smallest absolute Gasteiger partial charge is 0.211 e. The molecule has 0 N–H and O–H groups in total. The van der Waals surface area contributed by atoms with Crippen molar-refractivity contribution >= 4 is 43.0 Å². The van der Waals surface area contributed by atoms with Crippen LogP contribution in [0.5, 0.6) is 0 Å². The van der Waals surface area contributed by atoms with E-state index in [-0.39, 0.29) is 29.2 Å². The molecule has 3 nitrogen and oxygen atoms in total. The zero-order chi connectivity index (χ0) is 30.0. The quantitative estimate of drug-likeness (QED) is 0.124. The molecule has 228 valence electrons. The van der Waals surface area contributed by atoms with Crippen LogP contribution < -0.4 is 0 Å². The number of halogens is 9. The highest BCUT2D eigenvalue weighted by Crippen LogP contribution is 2.65. The second kappa shape index (κ2) is 12.1. The largest absolute Gasteiger partial charge is 0.460 e. The maximum absolute atomic E-state index is 14.4. The van der Waals surface area contributed by atoms with Crippen molar-refractivity contribution in [2.24, 2.45) is 0 Å². The lowest BCUT2D eigenvalue weighted by Crippen LogP contribution is -2.63. The van der Waals surface area contributed by atoms with Crippen LogP contribution >= 0.6 is 22.1 Å². The average Bonchev–Trinajstić information content (AvgIpc) is 3.33. The lowest BCUT2D eigenvalue weighted by atomic mass is 10.1. The van der Waals surface area contributed by atoms with Gasteiger partial charge in [0, 0.05) is 21.3 Å². The number of unbranched alkanes of at least 4 members (excludes halogenated alkanes) is 4. The van der Waals surface area contributed by atoms with Crippen molar-refractivity contribution in [2.75, 3.05) is 17.3 Å². The van der Waals surface area contributed by atoms with Crippen LogP contribution in [-0.2, 0) is 13.7 Å². The first kappa shape index (κ1) is 33.2. The Morgan fingerprint density at radius 1 is 0.800 bits per heavy atom. The van der Waals surface area contributed by atoms with E-state index in [0.29, 0.717) is 5.39 Å². The van der Waals surface area contributed by atoms with Gasteiger partial charge >= 0.3 is 33.4 Å². The van der Waals surface area contributed by atoms with Gasteiger partial charge < -0.3 is 0 Å². The van der Waals surface area contributed by atoms with Crippen molar-refractivity contribution in [1.29, 1.82) is 0 Å². The predicted molar refractivity (Wildman–Crippen MR) is 139 cm³/mol. The van der Waals surface area contributed by atoms with Crippen LogP contribution in [0.1, 0.15) is 51.9 Å². The summed E-state index contributed by atoms with van der Waals surface area (Å²) >= 11 is 1.64. The second-order valence-corrected chi connectivity index (χ2v) is 15.6. The Morgan fingerprint density at radius 3 is 1.98 bits per heavy atom. The van der Waals surface area contributed by atoms with Crippen LogP contribution in [0, 0.1) is 0 Å². The Kier molecular flexibility index (Phi) is 10.1. The molecule has 0 unspecified atom stereocenters. The van der Waals surface area contributed by atoms with Gasteiger partial charge in [0.25, 0.3) is 0 Å². The summed E-state index contributed by atoms with van der Waals surface area (Å²) in [6.07, 6.45) is -1.01. The summed E-state index contributed by atoms with van der Waals surface area (Å²) in [4.78, 5) is 1.05. The van der Waals surface area contributed by atoms with Crippen molar-refractivity contribution in [3.8, 4) is 0 Å². The van der Waals surface area contributed by atoms with Crippen molar-refractivity contribution < 1.29 is 51.6 Å². The Hall–Kier alpha value is -1.32. The summed E-state index contributed by atoms with van der Waals surface area (Å²) in [5, 5.41) is -5.59. The summed E-state index contributed by atoms with van der Waals surface area (Å²) < 4.78 is 150. The Labute approximate surface area is 232 Å². The minimum Gasteiger partial charge on any atom is -0.211 e. The summed E-state index contributed by atoms with van der Waals surface area (Å²) in [5.74, 6) is -14.1. The molecule has 0 bridgehead atoms. The molecular formula is C25H29F9O3S3. The number of benzene rings is 2. The summed E-state index contributed by atoms with van der Waals surface area (Å²) in [6, 6.07) is 9.80. The molecule has 40 heavy (non-hydrogen) atoms. The molecule has 1 heterocycles. The molecule has 2 aromatic carbocycles. The first-order chi connectivity index (χ1) is 18.4. The van der Waals surface area contributed by atoms with Crippen LogP contribution in [0.4, 0.5) is 39.5 Å². The minimum absolute atomic E-state index is 0.0825. The molecule has 0 amide bonds. The fraction of sp³-hybridized carbons (Fsp3) is 0.600. The molecule has 0 radical (unpaired) electrons. The SMILES string of the molecule is CCCCCCCSc1ccc2cc(S3(OS(=O)(=O)C(F)(F)C(F)(F)C(F)(F)C(F)(F)F)CCCC3)ccc2c1. The predicted octanol–water partition coefficient (Wildman–Crippen LogP) is 9.55. The summed E-state index contributed by atoms with van der Waals surface area (Å²) in [5.41, 5.74) is 0. The number of rotatable bonds is 13. The van der Waals surface area contributed by atoms with Crippen molar-refractivity contribution in [3.63, 3.8) is 0 Å². The summed E-state index contributed by atoms with van der Waals surface area (Å²) in [6.45, 7) is 2.13. The van der Waals surface area contributed by atoms with Gasteiger partial charge in [-0.1, -0.05) is 55.0 Å². The van der Waals surface area contributed by atoms with E-state index in [1.165, 1.54) is 18.6 Å². The number of fused-ring (bicyclic) bond motifs is 1. The van der Waals surface area contributed by atoms with Gasteiger partial charge in [0.15, 0.2) is 0 Å². The van der Waals surface area contributed by atoms with Crippen molar-refractivity contribution in [1.82, 2.24) is 0 Å². The molecular weight excluding hydrogens is 615 g/mol. The normalized spacial score (nSPS) is 17.9. The van der Waals surface area contributed by atoms with Crippen LogP contribution in [-0.4, -0.2) is 49.0 Å². The van der Waals surface area contributed by atoms with Crippen LogP contribution in [0.15, 0.2) is 46.2 Å². The van der Waals surface area contributed by atoms with Crippen LogP contribution in [0.3, 0.4) is 0 Å². The molecule has 1 aliphatic rings. The fourth-order valence-electron chi connectivity index (χ4n) is 4.27. The molecule has 1 saturated heterocycles. The molecule has 0 aromatic heterocycles. The first-order valence-corrected chi connectivity index (χ1v) is 16.8. The Balaban J connectivity index is 1.87. The van der Waals surface area contributed by atoms with Gasteiger partial charge in [0.05, 0.1) is 0 Å². The van der Waals surface area contributed by atoms with E-state index in [0.717, 1.165) is 41.7 Å². The van der Waals surface area contributed by atoms with Gasteiger partial charge in [-0.05, 0) is 60.1 Å².